The Morgan fingerprint density at radius 1 is 1.42 bits per heavy atom. The lowest BCUT2D eigenvalue weighted by Gasteiger charge is -2.17. The number of thioether (sulfide) groups is 1. The van der Waals surface area contributed by atoms with Crippen molar-refractivity contribution in [2.75, 3.05) is 12.0 Å². The fourth-order valence-corrected chi connectivity index (χ4v) is 3.11. The van der Waals surface area contributed by atoms with Gasteiger partial charge in [0.05, 0.1) is 17.1 Å². The number of aromatic nitrogens is 2. The Morgan fingerprint density at radius 3 is 2.79 bits per heavy atom. The van der Waals surface area contributed by atoms with Crippen LogP contribution in [0.1, 0.15) is 38.2 Å². The van der Waals surface area contributed by atoms with E-state index in [0.29, 0.717) is 6.04 Å². The van der Waals surface area contributed by atoms with Gasteiger partial charge < -0.3 is 10.3 Å². The molecule has 1 aromatic heterocycles. The zero-order valence-electron chi connectivity index (χ0n) is 11.6. The number of hydrogen-bond donors (Lipinski definition) is 1. The molecule has 0 bridgehead atoms. The van der Waals surface area contributed by atoms with E-state index in [1.165, 1.54) is 0 Å². The minimum Gasteiger partial charge on any atom is -0.324 e. The molecule has 1 aromatic carbocycles. The summed E-state index contributed by atoms with van der Waals surface area (Å²) in [4.78, 5) is 4.75. The fraction of sp³-hybridized carbons (Fsp3) is 0.500. The maximum absolute atomic E-state index is 6.31. The molecule has 0 aliphatic rings. The number of imidazole rings is 1. The molecule has 0 amide bonds. The van der Waals surface area contributed by atoms with Crippen molar-refractivity contribution in [1.29, 1.82) is 0 Å². The summed E-state index contributed by atoms with van der Waals surface area (Å²) in [5.74, 6) is 2.06. The predicted molar refractivity (Wildman–Crippen MR) is 87.7 cm³/mol. The van der Waals surface area contributed by atoms with Gasteiger partial charge in [0.15, 0.2) is 0 Å². The van der Waals surface area contributed by atoms with Crippen molar-refractivity contribution in [1.82, 2.24) is 9.55 Å². The summed E-state index contributed by atoms with van der Waals surface area (Å²) in [7, 11) is 0. The highest BCUT2D eigenvalue weighted by Crippen LogP contribution is 2.27. The molecule has 0 radical (unpaired) electrons. The SMILES string of the molecule is CSCCC(N)c1nc2cc(Br)ccc2n1C(C)C. The van der Waals surface area contributed by atoms with Crippen molar-refractivity contribution in [3.05, 3.63) is 28.5 Å². The summed E-state index contributed by atoms with van der Waals surface area (Å²) in [5, 5.41) is 0. The van der Waals surface area contributed by atoms with E-state index in [1.54, 1.807) is 0 Å². The average Bonchev–Trinajstić information content (AvgIpc) is 2.74. The molecule has 2 rings (SSSR count). The number of nitrogens with two attached hydrogens (primary N) is 1. The largest absolute Gasteiger partial charge is 0.324 e. The van der Waals surface area contributed by atoms with Crippen LogP contribution in [0.25, 0.3) is 11.0 Å². The zero-order valence-corrected chi connectivity index (χ0v) is 14.0. The second-order valence-electron chi connectivity index (χ2n) is 4.95. The molecule has 0 saturated heterocycles. The van der Waals surface area contributed by atoms with Gasteiger partial charge in [-0.05, 0) is 50.5 Å². The van der Waals surface area contributed by atoms with Gasteiger partial charge in [-0.15, -0.1) is 0 Å². The van der Waals surface area contributed by atoms with Crippen molar-refractivity contribution in [2.24, 2.45) is 5.73 Å². The molecule has 0 aliphatic carbocycles. The van der Waals surface area contributed by atoms with Crippen LogP contribution in [0.5, 0.6) is 0 Å². The van der Waals surface area contributed by atoms with Crippen LogP contribution in [-0.2, 0) is 0 Å². The molecule has 0 spiro atoms. The molecule has 0 fully saturated rings. The summed E-state index contributed by atoms with van der Waals surface area (Å²) < 4.78 is 3.31. The van der Waals surface area contributed by atoms with Crippen molar-refractivity contribution < 1.29 is 0 Å². The Hall–Kier alpha value is -0.520. The molecular weight excluding hydrogens is 322 g/mol. The third-order valence-electron chi connectivity index (χ3n) is 3.16. The average molecular weight is 342 g/mol. The van der Waals surface area contributed by atoms with Gasteiger partial charge in [0, 0.05) is 10.5 Å². The first-order valence-corrected chi connectivity index (χ1v) is 8.65. The van der Waals surface area contributed by atoms with Crippen LogP contribution in [0.15, 0.2) is 22.7 Å². The number of hydrogen-bond acceptors (Lipinski definition) is 3. The van der Waals surface area contributed by atoms with Gasteiger partial charge in [-0.25, -0.2) is 4.98 Å². The highest BCUT2D eigenvalue weighted by Gasteiger charge is 2.18. The van der Waals surface area contributed by atoms with E-state index >= 15 is 0 Å². The van der Waals surface area contributed by atoms with E-state index in [-0.39, 0.29) is 6.04 Å². The van der Waals surface area contributed by atoms with E-state index in [1.807, 2.05) is 11.8 Å². The molecule has 0 aliphatic heterocycles. The number of rotatable bonds is 5. The molecule has 1 heterocycles. The molecule has 19 heavy (non-hydrogen) atoms. The Balaban J connectivity index is 2.49. The van der Waals surface area contributed by atoms with Crippen molar-refractivity contribution in [3.63, 3.8) is 0 Å². The summed E-state index contributed by atoms with van der Waals surface area (Å²) >= 11 is 5.32. The van der Waals surface area contributed by atoms with Gasteiger partial charge in [0.2, 0.25) is 0 Å². The normalized spacial score (nSPS) is 13.4. The highest BCUT2D eigenvalue weighted by molar-refractivity contribution is 9.10. The molecule has 5 heteroatoms. The monoisotopic (exact) mass is 341 g/mol. The first-order valence-electron chi connectivity index (χ1n) is 6.46. The Bertz CT molecular complexity index is 565. The van der Waals surface area contributed by atoms with Crippen molar-refractivity contribution in [3.8, 4) is 0 Å². The predicted octanol–water partition coefficient (Wildman–Crippen LogP) is 4.13. The van der Waals surface area contributed by atoms with Gasteiger partial charge >= 0.3 is 0 Å². The first kappa shape index (κ1) is 14.9. The fourth-order valence-electron chi connectivity index (χ4n) is 2.27. The first-order chi connectivity index (χ1) is 9.04. The van der Waals surface area contributed by atoms with Crippen LogP contribution in [0.2, 0.25) is 0 Å². The summed E-state index contributed by atoms with van der Waals surface area (Å²) in [6.07, 6.45) is 3.06. The molecule has 2 aromatic rings. The lowest BCUT2D eigenvalue weighted by Crippen LogP contribution is -2.18. The Morgan fingerprint density at radius 2 is 2.16 bits per heavy atom. The molecular formula is C14H20BrN3S. The number of fused-ring (bicyclic) bond motifs is 1. The molecule has 0 saturated carbocycles. The zero-order chi connectivity index (χ0) is 14.0. The lowest BCUT2D eigenvalue weighted by atomic mass is 10.2. The standard InChI is InChI=1S/C14H20BrN3S/c1-9(2)18-13-5-4-10(15)8-12(13)17-14(18)11(16)6-7-19-3/h4-5,8-9,11H,6-7,16H2,1-3H3. The van der Waals surface area contributed by atoms with E-state index in [9.17, 15) is 0 Å². The second-order valence-corrected chi connectivity index (χ2v) is 6.86. The van der Waals surface area contributed by atoms with E-state index in [2.05, 4.69) is 58.8 Å². The van der Waals surface area contributed by atoms with Crippen LogP contribution >= 0.6 is 27.7 Å². The molecule has 2 N–H and O–H groups in total. The highest BCUT2D eigenvalue weighted by atomic mass is 79.9. The molecule has 1 unspecified atom stereocenters. The van der Waals surface area contributed by atoms with Gasteiger partial charge in [-0.1, -0.05) is 15.9 Å². The minimum absolute atomic E-state index is 0.000950. The number of benzene rings is 1. The van der Waals surface area contributed by atoms with E-state index in [4.69, 9.17) is 10.7 Å². The van der Waals surface area contributed by atoms with E-state index < -0.39 is 0 Å². The molecule has 1 atom stereocenters. The summed E-state index contributed by atoms with van der Waals surface area (Å²) in [5.41, 5.74) is 8.48. The van der Waals surface area contributed by atoms with Crippen LogP contribution in [-0.4, -0.2) is 21.6 Å². The molecule has 3 nitrogen and oxygen atoms in total. The Kier molecular flexibility index (Phi) is 4.92. The third-order valence-corrected chi connectivity index (χ3v) is 4.30. The smallest absolute Gasteiger partial charge is 0.127 e. The van der Waals surface area contributed by atoms with Crippen LogP contribution < -0.4 is 5.73 Å². The Labute approximate surface area is 127 Å². The maximum Gasteiger partial charge on any atom is 0.127 e. The van der Waals surface area contributed by atoms with Crippen LogP contribution in [0.3, 0.4) is 0 Å². The minimum atomic E-state index is 0.000950. The van der Waals surface area contributed by atoms with Gasteiger partial charge in [0.1, 0.15) is 5.82 Å². The molecule has 104 valence electrons. The maximum atomic E-state index is 6.31. The second kappa shape index (κ2) is 6.29. The summed E-state index contributed by atoms with van der Waals surface area (Å²) in [6.45, 7) is 4.35. The summed E-state index contributed by atoms with van der Waals surface area (Å²) in [6, 6.07) is 6.58. The topological polar surface area (TPSA) is 43.8 Å². The van der Waals surface area contributed by atoms with Crippen molar-refractivity contribution >= 4 is 38.7 Å². The van der Waals surface area contributed by atoms with Gasteiger partial charge in [0.25, 0.3) is 0 Å². The van der Waals surface area contributed by atoms with Gasteiger partial charge in [-0.3, -0.25) is 0 Å². The van der Waals surface area contributed by atoms with Crippen molar-refractivity contribution in [2.45, 2.75) is 32.4 Å². The van der Waals surface area contributed by atoms with E-state index in [0.717, 1.165) is 33.5 Å². The van der Waals surface area contributed by atoms with Gasteiger partial charge in [-0.2, -0.15) is 11.8 Å². The number of halogens is 1. The quantitative estimate of drug-likeness (QED) is 0.888. The van der Waals surface area contributed by atoms with Crippen LogP contribution in [0, 0.1) is 0 Å². The third kappa shape index (κ3) is 3.15. The van der Waals surface area contributed by atoms with Crippen LogP contribution in [0.4, 0.5) is 0 Å². The number of nitrogens with zero attached hydrogens (tertiary/aromatic N) is 2. The lowest BCUT2D eigenvalue weighted by molar-refractivity contribution is 0.536.